The molecule has 2 aliphatic rings. The molecule has 5 nitrogen and oxygen atoms in total. The standard InChI is InChI=1S/C11H15NO4/c1-10(2,3)16-9(15)12-8(14)4-7-5-11(7,12)6-13/h6-7H,4-5H2,1-3H3. The largest absolute Gasteiger partial charge is 0.443 e. The van der Waals surface area contributed by atoms with Crippen LogP contribution >= 0.6 is 0 Å². The van der Waals surface area contributed by atoms with Crippen molar-refractivity contribution in [2.24, 2.45) is 5.92 Å². The lowest BCUT2D eigenvalue weighted by Gasteiger charge is -2.27. The SMILES string of the molecule is CC(C)(C)OC(=O)N1C(=O)CC2CC21C=O. The van der Waals surface area contributed by atoms with Gasteiger partial charge < -0.3 is 9.53 Å². The summed E-state index contributed by atoms with van der Waals surface area (Å²) in [6.07, 6.45) is 0.857. The molecule has 1 aliphatic heterocycles. The molecule has 0 aromatic carbocycles. The van der Waals surface area contributed by atoms with Crippen LogP contribution in [0.1, 0.15) is 33.6 Å². The van der Waals surface area contributed by atoms with Crippen molar-refractivity contribution >= 4 is 18.3 Å². The molecule has 2 rings (SSSR count). The van der Waals surface area contributed by atoms with Crippen molar-refractivity contribution < 1.29 is 19.1 Å². The summed E-state index contributed by atoms with van der Waals surface area (Å²) < 4.78 is 5.12. The van der Waals surface area contributed by atoms with Crippen LogP contribution in [0.15, 0.2) is 0 Å². The van der Waals surface area contributed by atoms with Crippen molar-refractivity contribution in [2.45, 2.75) is 44.8 Å². The van der Waals surface area contributed by atoms with Gasteiger partial charge >= 0.3 is 6.09 Å². The first-order valence-corrected chi connectivity index (χ1v) is 5.32. The molecule has 0 aromatic heterocycles. The zero-order valence-corrected chi connectivity index (χ0v) is 9.65. The molecule has 0 N–H and O–H groups in total. The molecule has 1 aliphatic carbocycles. The predicted molar refractivity (Wildman–Crippen MR) is 54.6 cm³/mol. The minimum atomic E-state index is -0.889. The van der Waals surface area contributed by atoms with Gasteiger partial charge in [-0.15, -0.1) is 0 Å². The normalized spacial score (nSPS) is 32.3. The molecule has 1 heterocycles. The van der Waals surface area contributed by atoms with Crippen LogP contribution in [0.2, 0.25) is 0 Å². The smallest absolute Gasteiger partial charge is 0.417 e. The number of imide groups is 1. The van der Waals surface area contributed by atoms with Gasteiger partial charge in [0.2, 0.25) is 5.91 Å². The highest BCUT2D eigenvalue weighted by atomic mass is 16.6. The zero-order chi connectivity index (χ0) is 12.1. The Bertz CT molecular complexity index is 371. The number of aldehydes is 1. The van der Waals surface area contributed by atoms with Gasteiger partial charge in [-0.25, -0.2) is 9.69 Å². The van der Waals surface area contributed by atoms with Gasteiger partial charge in [0.25, 0.3) is 0 Å². The first-order valence-electron chi connectivity index (χ1n) is 5.32. The Morgan fingerprint density at radius 2 is 2.19 bits per heavy atom. The molecular weight excluding hydrogens is 210 g/mol. The molecule has 0 spiro atoms. The average Bonchev–Trinajstić information content (AvgIpc) is 2.70. The van der Waals surface area contributed by atoms with E-state index in [1.165, 1.54) is 0 Å². The van der Waals surface area contributed by atoms with E-state index < -0.39 is 17.2 Å². The lowest BCUT2D eigenvalue weighted by atomic mass is 10.2. The predicted octanol–water partition coefficient (Wildman–Crippen LogP) is 1.11. The molecule has 2 fully saturated rings. The molecule has 2 unspecified atom stereocenters. The number of hydrogen-bond acceptors (Lipinski definition) is 4. The van der Waals surface area contributed by atoms with Crippen LogP contribution in [0.3, 0.4) is 0 Å². The quantitative estimate of drug-likeness (QED) is 0.627. The van der Waals surface area contributed by atoms with Crippen LogP contribution in [0.5, 0.6) is 0 Å². The molecule has 0 radical (unpaired) electrons. The second kappa shape index (κ2) is 3.06. The third-order valence-corrected chi connectivity index (χ3v) is 2.99. The Balaban J connectivity index is 2.17. The van der Waals surface area contributed by atoms with E-state index in [9.17, 15) is 14.4 Å². The lowest BCUT2D eigenvalue weighted by Crippen LogP contribution is -2.46. The topological polar surface area (TPSA) is 63.7 Å². The number of piperidine rings is 1. The van der Waals surface area contributed by atoms with Crippen LogP contribution in [-0.2, 0) is 14.3 Å². The number of carbonyl (C=O) groups is 3. The van der Waals surface area contributed by atoms with Crippen molar-refractivity contribution in [3.63, 3.8) is 0 Å². The van der Waals surface area contributed by atoms with E-state index in [2.05, 4.69) is 0 Å². The number of amides is 2. The van der Waals surface area contributed by atoms with Crippen LogP contribution in [-0.4, -0.2) is 34.3 Å². The van der Waals surface area contributed by atoms with Gasteiger partial charge in [0.1, 0.15) is 17.4 Å². The summed E-state index contributed by atoms with van der Waals surface area (Å²) in [7, 11) is 0. The third kappa shape index (κ3) is 1.50. The van der Waals surface area contributed by atoms with Gasteiger partial charge in [-0.1, -0.05) is 0 Å². The maximum absolute atomic E-state index is 11.8. The molecule has 1 saturated carbocycles. The Morgan fingerprint density at radius 3 is 2.69 bits per heavy atom. The molecule has 5 heteroatoms. The van der Waals surface area contributed by atoms with Crippen molar-refractivity contribution in [1.82, 2.24) is 4.90 Å². The molecule has 0 bridgehead atoms. The Hall–Kier alpha value is -1.39. The molecule has 0 aromatic rings. The fraction of sp³-hybridized carbons (Fsp3) is 0.727. The Labute approximate surface area is 93.7 Å². The van der Waals surface area contributed by atoms with Gasteiger partial charge in [-0.3, -0.25) is 4.79 Å². The highest BCUT2D eigenvalue weighted by Gasteiger charge is 2.68. The minimum Gasteiger partial charge on any atom is -0.443 e. The second-order valence-electron chi connectivity index (χ2n) is 5.42. The molecule has 2 amide bonds. The Morgan fingerprint density at radius 1 is 1.56 bits per heavy atom. The van der Waals surface area contributed by atoms with Crippen molar-refractivity contribution in [3.05, 3.63) is 0 Å². The number of fused-ring (bicyclic) bond motifs is 1. The molecule has 88 valence electrons. The molecule has 16 heavy (non-hydrogen) atoms. The summed E-state index contributed by atoms with van der Waals surface area (Å²) in [5, 5.41) is 0. The summed E-state index contributed by atoms with van der Waals surface area (Å²) in [5.74, 6) is -0.303. The summed E-state index contributed by atoms with van der Waals surface area (Å²) >= 11 is 0. The molecular formula is C11H15NO4. The van der Waals surface area contributed by atoms with Crippen molar-refractivity contribution in [3.8, 4) is 0 Å². The summed E-state index contributed by atoms with van der Waals surface area (Å²) in [5.41, 5.74) is -1.55. The number of hydrogen-bond donors (Lipinski definition) is 0. The van der Waals surface area contributed by atoms with Crippen LogP contribution in [0, 0.1) is 5.92 Å². The average molecular weight is 225 g/mol. The van der Waals surface area contributed by atoms with Gasteiger partial charge in [-0.2, -0.15) is 0 Å². The highest BCUT2D eigenvalue weighted by molar-refractivity contribution is 6.02. The monoisotopic (exact) mass is 225 g/mol. The number of rotatable bonds is 1. The third-order valence-electron chi connectivity index (χ3n) is 2.99. The number of ether oxygens (including phenoxy) is 1. The first kappa shape index (κ1) is 11.1. The summed E-state index contributed by atoms with van der Waals surface area (Å²) in [4.78, 5) is 35.4. The van der Waals surface area contributed by atoms with Gasteiger partial charge in [0, 0.05) is 12.3 Å². The Kier molecular flexibility index (Phi) is 2.12. The van der Waals surface area contributed by atoms with E-state index in [1.54, 1.807) is 20.8 Å². The first-order chi connectivity index (χ1) is 7.30. The van der Waals surface area contributed by atoms with E-state index in [0.29, 0.717) is 12.7 Å². The molecule has 2 atom stereocenters. The number of carbonyl (C=O) groups excluding carboxylic acids is 3. The highest BCUT2D eigenvalue weighted by Crippen LogP contribution is 2.55. The van der Waals surface area contributed by atoms with Crippen molar-refractivity contribution in [1.29, 1.82) is 0 Å². The fourth-order valence-electron chi connectivity index (χ4n) is 2.17. The van der Waals surface area contributed by atoms with Gasteiger partial charge in [0.05, 0.1) is 0 Å². The maximum Gasteiger partial charge on any atom is 0.417 e. The van der Waals surface area contributed by atoms with Crippen LogP contribution in [0.4, 0.5) is 4.79 Å². The van der Waals surface area contributed by atoms with E-state index in [4.69, 9.17) is 4.74 Å². The van der Waals surface area contributed by atoms with E-state index >= 15 is 0 Å². The maximum atomic E-state index is 11.8. The van der Waals surface area contributed by atoms with E-state index in [0.717, 1.165) is 4.90 Å². The van der Waals surface area contributed by atoms with E-state index in [1.807, 2.05) is 0 Å². The van der Waals surface area contributed by atoms with Crippen LogP contribution < -0.4 is 0 Å². The van der Waals surface area contributed by atoms with E-state index in [-0.39, 0.29) is 18.2 Å². The van der Waals surface area contributed by atoms with Gasteiger partial charge in [0.15, 0.2) is 0 Å². The minimum absolute atomic E-state index is 0.00465. The van der Waals surface area contributed by atoms with Crippen LogP contribution in [0.25, 0.3) is 0 Å². The summed E-state index contributed by atoms with van der Waals surface area (Å²) in [6.45, 7) is 5.18. The second-order valence-corrected chi connectivity index (χ2v) is 5.42. The lowest BCUT2D eigenvalue weighted by molar-refractivity contribution is -0.132. The van der Waals surface area contributed by atoms with Crippen molar-refractivity contribution in [2.75, 3.05) is 0 Å². The fourth-order valence-corrected chi connectivity index (χ4v) is 2.17. The number of nitrogens with zero attached hydrogens (tertiary/aromatic N) is 1. The summed E-state index contributed by atoms with van der Waals surface area (Å²) in [6, 6.07) is 0. The van der Waals surface area contributed by atoms with Gasteiger partial charge in [-0.05, 0) is 27.2 Å². The zero-order valence-electron chi connectivity index (χ0n) is 9.65. The molecule has 1 saturated heterocycles. The number of likely N-dealkylation sites (tertiary alicyclic amines) is 1.